The fraction of sp³-hybridized carbons (Fsp3) is 0.231. The Kier molecular flexibility index (Phi) is 4.04. The monoisotopic (exact) mass is 314 g/mol. The standard InChI is InChI=1S/C13H12ClFN2O4/c1-17-8(5-7(16-17)13(18)19)10-11(15)6(14)4-9(20-2)12(10)21-3/h4-5H,1-3H3,(H,18,19). The lowest BCUT2D eigenvalue weighted by molar-refractivity contribution is 0.0689. The number of hydrogen-bond acceptors (Lipinski definition) is 4. The van der Waals surface area contributed by atoms with Crippen molar-refractivity contribution in [1.29, 1.82) is 0 Å². The summed E-state index contributed by atoms with van der Waals surface area (Å²) in [5.41, 5.74) is -0.0141. The second-order valence-corrected chi connectivity index (χ2v) is 4.53. The van der Waals surface area contributed by atoms with Gasteiger partial charge in [-0.1, -0.05) is 11.6 Å². The lowest BCUT2D eigenvalue weighted by atomic mass is 10.1. The van der Waals surface area contributed by atoms with Crippen LogP contribution in [0.2, 0.25) is 5.02 Å². The fourth-order valence-corrected chi connectivity index (χ4v) is 2.17. The average molecular weight is 315 g/mol. The number of carbonyl (C=O) groups is 1. The maximum absolute atomic E-state index is 14.4. The fourth-order valence-electron chi connectivity index (χ4n) is 1.98. The zero-order valence-corrected chi connectivity index (χ0v) is 12.2. The molecule has 0 aliphatic carbocycles. The van der Waals surface area contributed by atoms with E-state index in [1.807, 2.05) is 0 Å². The molecule has 1 heterocycles. The third-order valence-electron chi connectivity index (χ3n) is 2.92. The molecule has 0 atom stereocenters. The highest BCUT2D eigenvalue weighted by Gasteiger charge is 2.24. The summed E-state index contributed by atoms with van der Waals surface area (Å²) in [5.74, 6) is -1.62. The van der Waals surface area contributed by atoms with Gasteiger partial charge in [0.25, 0.3) is 0 Å². The van der Waals surface area contributed by atoms with Crippen LogP contribution in [0, 0.1) is 5.82 Å². The van der Waals surface area contributed by atoms with Crippen LogP contribution < -0.4 is 9.47 Å². The van der Waals surface area contributed by atoms with Crippen LogP contribution in [0.3, 0.4) is 0 Å². The number of aromatic nitrogens is 2. The van der Waals surface area contributed by atoms with Crippen molar-refractivity contribution in [3.05, 3.63) is 28.7 Å². The molecule has 0 spiro atoms. The predicted molar refractivity (Wildman–Crippen MR) is 73.7 cm³/mol. The van der Waals surface area contributed by atoms with Gasteiger partial charge in [0.05, 0.1) is 30.5 Å². The van der Waals surface area contributed by atoms with E-state index in [0.717, 1.165) is 0 Å². The summed E-state index contributed by atoms with van der Waals surface area (Å²) >= 11 is 5.84. The van der Waals surface area contributed by atoms with Gasteiger partial charge >= 0.3 is 5.97 Å². The highest BCUT2D eigenvalue weighted by atomic mass is 35.5. The first-order valence-electron chi connectivity index (χ1n) is 5.78. The van der Waals surface area contributed by atoms with Crippen LogP contribution >= 0.6 is 11.6 Å². The smallest absolute Gasteiger partial charge is 0.356 e. The van der Waals surface area contributed by atoms with Crippen LogP contribution in [-0.4, -0.2) is 35.1 Å². The Bertz CT molecular complexity index is 715. The number of ether oxygens (including phenoxy) is 2. The normalized spacial score (nSPS) is 10.5. The van der Waals surface area contributed by atoms with Crippen molar-refractivity contribution in [2.24, 2.45) is 7.05 Å². The van der Waals surface area contributed by atoms with Gasteiger partial charge in [0.15, 0.2) is 23.0 Å². The molecule has 0 saturated carbocycles. The molecule has 112 valence electrons. The van der Waals surface area contributed by atoms with Gasteiger partial charge in [-0.15, -0.1) is 0 Å². The highest BCUT2D eigenvalue weighted by Crippen LogP contribution is 2.43. The second kappa shape index (κ2) is 5.61. The van der Waals surface area contributed by atoms with E-state index in [2.05, 4.69) is 5.10 Å². The minimum atomic E-state index is -1.22. The van der Waals surface area contributed by atoms with E-state index in [0.29, 0.717) is 0 Å². The van der Waals surface area contributed by atoms with E-state index < -0.39 is 11.8 Å². The summed E-state index contributed by atoms with van der Waals surface area (Å²) in [6.07, 6.45) is 0. The zero-order chi connectivity index (χ0) is 15.7. The van der Waals surface area contributed by atoms with Crippen LogP contribution in [0.1, 0.15) is 10.5 Å². The Morgan fingerprint density at radius 2 is 2.05 bits per heavy atom. The molecular weight excluding hydrogens is 303 g/mol. The van der Waals surface area contributed by atoms with Crippen LogP contribution in [-0.2, 0) is 7.05 Å². The molecule has 0 radical (unpaired) electrons. The van der Waals surface area contributed by atoms with Gasteiger partial charge in [-0.25, -0.2) is 9.18 Å². The summed E-state index contributed by atoms with van der Waals surface area (Å²) in [7, 11) is 4.24. The molecule has 0 aliphatic rings. The topological polar surface area (TPSA) is 73.6 Å². The molecule has 21 heavy (non-hydrogen) atoms. The average Bonchev–Trinajstić information content (AvgIpc) is 2.83. The Hall–Kier alpha value is -2.28. The molecule has 6 nitrogen and oxygen atoms in total. The third kappa shape index (κ3) is 2.52. The lowest BCUT2D eigenvalue weighted by Crippen LogP contribution is -2.02. The molecule has 0 bridgehead atoms. The molecule has 2 rings (SSSR count). The molecular formula is C13H12ClFN2O4. The van der Waals surface area contributed by atoms with Crippen molar-refractivity contribution in [3.63, 3.8) is 0 Å². The Morgan fingerprint density at radius 3 is 2.52 bits per heavy atom. The Morgan fingerprint density at radius 1 is 1.38 bits per heavy atom. The Balaban J connectivity index is 2.79. The highest BCUT2D eigenvalue weighted by molar-refractivity contribution is 6.31. The third-order valence-corrected chi connectivity index (χ3v) is 3.19. The largest absolute Gasteiger partial charge is 0.493 e. The number of carboxylic acids is 1. The molecule has 2 aromatic rings. The molecule has 1 aromatic carbocycles. The minimum Gasteiger partial charge on any atom is -0.493 e. The minimum absolute atomic E-state index is 0.00986. The Labute approximate surface area is 124 Å². The maximum atomic E-state index is 14.4. The first kappa shape index (κ1) is 15.1. The number of methoxy groups -OCH3 is 2. The van der Waals surface area contributed by atoms with E-state index in [-0.39, 0.29) is 33.5 Å². The molecule has 8 heteroatoms. The maximum Gasteiger partial charge on any atom is 0.356 e. The molecule has 0 saturated heterocycles. The van der Waals surface area contributed by atoms with Gasteiger partial charge in [-0.2, -0.15) is 5.10 Å². The first-order valence-corrected chi connectivity index (χ1v) is 6.16. The van der Waals surface area contributed by atoms with E-state index >= 15 is 0 Å². The summed E-state index contributed by atoms with van der Waals surface area (Å²) in [6.45, 7) is 0. The van der Waals surface area contributed by atoms with Crippen molar-refractivity contribution >= 4 is 17.6 Å². The van der Waals surface area contributed by atoms with Crippen molar-refractivity contribution in [3.8, 4) is 22.8 Å². The first-order chi connectivity index (χ1) is 9.90. The number of carboxylic acid groups (broad SMARTS) is 1. The molecule has 0 aliphatic heterocycles. The van der Waals surface area contributed by atoms with Gasteiger partial charge < -0.3 is 14.6 Å². The summed E-state index contributed by atoms with van der Waals surface area (Å²) in [5, 5.41) is 12.6. The number of rotatable bonds is 4. The van der Waals surface area contributed by atoms with Crippen molar-refractivity contribution in [1.82, 2.24) is 9.78 Å². The summed E-state index contributed by atoms with van der Waals surface area (Å²) in [4.78, 5) is 11.0. The predicted octanol–water partition coefficient (Wildman–Crippen LogP) is 2.60. The number of aryl methyl sites for hydroxylation is 1. The molecule has 1 N–H and O–H groups in total. The van der Waals surface area contributed by atoms with Crippen molar-refractivity contribution in [2.75, 3.05) is 14.2 Å². The SMILES string of the molecule is COc1cc(Cl)c(F)c(-c2cc(C(=O)O)nn2C)c1OC. The van der Waals surface area contributed by atoms with Crippen LogP contribution in [0.25, 0.3) is 11.3 Å². The van der Waals surface area contributed by atoms with Gasteiger partial charge in [0.1, 0.15) is 0 Å². The molecule has 0 amide bonds. The van der Waals surface area contributed by atoms with Gasteiger partial charge in [0.2, 0.25) is 0 Å². The van der Waals surface area contributed by atoms with Crippen LogP contribution in [0.15, 0.2) is 12.1 Å². The lowest BCUT2D eigenvalue weighted by Gasteiger charge is -2.14. The van der Waals surface area contributed by atoms with Crippen LogP contribution in [0.5, 0.6) is 11.5 Å². The molecule has 1 aromatic heterocycles. The summed E-state index contributed by atoms with van der Waals surface area (Å²) < 4.78 is 25.9. The number of benzene rings is 1. The van der Waals surface area contributed by atoms with E-state index in [1.54, 1.807) is 0 Å². The van der Waals surface area contributed by atoms with Crippen molar-refractivity contribution < 1.29 is 23.8 Å². The zero-order valence-electron chi connectivity index (χ0n) is 11.5. The number of aromatic carboxylic acids is 1. The van der Waals surface area contributed by atoms with Crippen molar-refractivity contribution in [2.45, 2.75) is 0 Å². The van der Waals surface area contributed by atoms with Gasteiger partial charge in [-0.3, -0.25) is 4.68 Å². The van der Waals surface area contributed by atoms with Gasteiger partial charge in [0, 0.05) is 13.1 Å². The second-order valence-electron chi connectivity index (χ2n) is 4.13. The van der Waals surface area contributed by atoms with E-state index in [1.165, 1.54) is 38.1 Å². The number of hydrogen-bond donors (Lipinski definition) is 1. The quantitative estimate of drug-likeness (QED) is 0.939. The number of nitrogens with zero attached hydrogens (tertiary/aromatic N) is 2. The number of halogens is 2. The molecule has 0 fully saturated rings. The van der Waals surface area contributed by atoms with Gasteiger partial charge in [-0.05, 0) is 6.07 Å². The summed E-state index contributed by atoms with van der Waals surface area (Å²) in [6, 6.07) is 2.52. The van der Waals surface area contributed by atoms with E-state index in [9.17, 15) is 9.18 Å². The van der Waals surface area contributed by atoms with E-state index in [4.69, 9.17) is 26.2 Å². The molecule has 0 unspecified atom stereocenters. The van der Waals surface area contributed by atoms with Crippen LogP contribution in [0.4, 0.5) is 4.39 Å².